The van der Waals surface area contributed by atoms with Gasteiger partial charge in [0.25, 0.3) is 5.91 Å². The summed E-state index contributed by atoms with van der Waals surface area (Å²) in [6, 6.07) is 18.0. The van der Waals surface area contributed by atoms with E-state index in [0.29, 0.717) is 5.92 Å². The number of ether oxygens (including phenoxy) is 1. The molecule has 0 aliphatic heterocycles. The Balaban J connectivity index is 1.71. The number of carbonyl (C=O) groups is 1. The summed E-state index contributed by atoms with van der Waals surface area (Å²) in [5.74, 6) is 0.958. The first-order valence-corrected chi connectivity index (χ1v) is 9.58. The molecule has 0 saturated carbocycles. The Morgan fingerprint density at radius 3 is 2.65 bits per heavy atom. The first-order chi connectivity index (χ1) is 12.5. The lowest BCUT2D eigenvalue weighted by Crippen LogP contribution is -2.21. The van der Waals surface area contributed by atoms with E-state index >= 15 is 0 Å². The molecule has 0 bridgehead atoms. The van der Waals surface area contributed by atoms with Crippen molar-refractivity contribution in [2.75, 3.05) is 11.9 Å². The molecule has 1 amide bonds. The fraction of sp³-hybridized carbons (Fsp3) is 0.227. The van der Waals surface area contributed by atoms with Crippen molar-refractivity contribution in [3.63, 3.8) is 0 Å². The molecule has 0 unspecified atom stereocenters. The third kappa shape index (κ3) is 4.33. The second kappa shape index (κ2) is 8.19. The smallest absolute Gasteiger partial charge is 0.262 e. The van der Waals surface area contributed by atoms with E-state index in [4.69, 9.17) is 4.74 Å². The van der Waals surface area contributed by atoms with Crippen LogP contribution >= 0.6 is 11.3 Å². The molecule has 0 aliphatic carbocycles. The average Bonchev–Trinajstić information content (AvgIpc) is 3.14. The normalized spacial score (nSPS) is 10.8. The Morgan fingerprint density at radius 1 is 1.12 bits per heavy atom. The van der Waals surface area contributed by atoms with E-state index in [1.807, 2.05) is 54.8 Å². The van der Waals surface area contributed by atoms with Gasteiger partial charge < -0.3 is 10.1 Å². The molecule has 0 fully saturated rings. The van der Waals surface area contributed by atoms with Crippen LogP contribution in [0.3, 0.4) is 0 Å². The molecular weight excluding hydrogens is 342 g/mol. The van der Waals surface area contributed by atoms with Gasteiger partial charge in [0.2, 0.25) is 0 Å². The average molecular weight is 365 g/mol. The lowest BCUT2D eigenvalue weighted by molar-refractivity contribution is -0.118. The molecule has 0 saturated heterocycles. The molecule has 134 valence electrons. The summed E-state index contributed by atoms with van der Waals surface area (Å²) >= 11 is 1.65. The topological polar surface area (TPSA) is 38.3 Å². The number of hydrogen-bond acceptors (Lipinski definition) is 3. The Bertz CT molecular complexity index is 885. The van der Waals surface area contributed by atoms with Gasteiger partial charge in [-0.25, -0.2) is 0 Å². The number of nitrogens with one attached hydrogen (secondary N) is 1. The Labute approximate surface area is 158 Å². The molecule has 4 heteroatoms. The number of para-hydroxylation sites is 1. The zero-order chi connectivity index (χ0) is 18.5. The van der Waals surface area contributed by atoms with Crippen molar-refractivity contribution in [1.29, 1.82) is 0 Å². The number of benzene rings is 2. The predicted molar refractivity (Wildman–Crippen MR) is 109 cm³/mol. The Hall–Kier alpha value is -2.59. The van der Waals surface area contributed by atoms with Crippen LogP contribution in [0.1, 0.15) is 30.9 Å². The van der Waals surface area contributed by atoms with Crippen LogP contribution in [0.25, 0.3) is 10.4 Å². The zero-order valence-electron chi connectivity index (χ0n) is 15.3. The lowest BCUT2D eigenvalue weighted by atomic mass is 10.0. The summed E-state index contributed by atoms with van der Waals surface area (Å²) in [5.41, 5.74) is 4.06. The summed E-state index contributed by atoms with van der Waals surface area (Å²) in [5, 5.41) is 5.01. The van der Waals surface area contributed by atoms with Crippen LogP contribution < -0.4 is 10.1 Å². The summed E-state index contributed by atoms with van der Waals surface area (Å²) < 4.78 is 5.83. The molecule has 0 atom stereocenters. The highest BCUT2D eigenvalue weighted by Crippen LogP contribution is 2.31. The molecule has 1 aromatic heterocycles. The van der Waals surface area contributed by atoms with E-state index in [1.54, 1.807) is 11.3 Å². The molecule has 26 heavy (non-hydrogen) atoms. The van der Waals surface area contributed by atoms with Crippen LogP contribution in [0.2, 0.25) is 0 Å². The minimum absolute atomic E-state index is 0.0120. The fourth-order valence-electron chi connectivity index (χ4n) is 2.81. The van der Waals surface area contributed by atoms with Crippen LogP contribution in [0, 0.1) is 6.92 Å². The molecule has 3 nitrogen and oxygen atoms in total. The third-order valence-corrected chi connectivity index (χ3v) is 5.04. The molecular formula is C22H23NO2S. The van der Waals surface area contributed by atoms with Crippen LogP contribution in [0.15, 0.2) is 60.0 Å². The molecule has 0 spiro atoms. The van der Waals surface area contributed by atoms with E-state index in [2.05, 4.69) is 31.3 Å². The van der Waals surface area contributed by atoms with Crippen molar-refractivity contribution in [1.82, 2.24) is 0 Å². The van der Waals surface area contributed by atoms with Gasteiger partial charge in [-0.2, -0.15) is 0 Å². The SMILES string of the molecule is Cc1ccc(C(C)C)c(OCC(=O)Nc2ccccc2-c2cccs2)c1. The number of carbonyl (C=O) groups excluding carboxylic acids is 1. The van der Waals surface area contributed by atoms with Gasteiger partial charge in [0, 0.05) is 16.1 Å². The van der Waals surface area contributed by atoms with Gasteiger partial charge in [0.05, 0.1) is 0 Å². The van der Waals surface area contributed by atoms with Gasteiger partial charge in [0.1, 0.15) is 5.75 Å². The second-order valence-corrected chi connectivity index (χ2v) is 7.50. The van der Waals surface area contributed by atoms with Crippen molar-refractivity contribution < 1.29 is 9.53 Å². The third-order valence-electron chi connectivity index (χ3n) is 4.14. The maximum Gasteiger partial charge on any atom is 0.262 e. The van der Waals surface area contributed by atoms with E-state index in [9.17, 15) is 4.79 Å². The Kier molecular flexibility index (Phi) is 5.74. The standard InChI is InChI=1S/C22H23NO2S/c1-15(2)17-11-10-16(3)13-20(17)25-14-22(24)23-19-8-5-4-7-18(19)21-9-6-12-26-21/h4-13,15H,14H2,1-3H3,(H,23,24). The van der Waals surface area contributed by atoms with Crippen molar-refractivity contribution in [3.05, 3.63) is 71.1 Å². The molecule has 0 radical (unpaired) electrons. The highest BCUT2D eigenvalue weighted by molar-refractivity contribution is 7.13. The molecule has 1 N–H and O–H groups in total. The summed E-state index contributed by atoms with van der Waals surface area (Å²) in [4.78, 5) is 13.6. The van der Waals surface area contributed by atoms with Gasteiger partial charge in [-0.05, 0) is 47.5 Å². The minimum Gasteiger partial charge on any atom is -0.483 e. The number of aryl methyl sites for hydroxylation is 1. The van der Waals surface area contributed by atoms with Crippen LogP contribution in [0.4, 0.5) is 5.69 Å². The van der Waals surface area contributed by atoms with E-state index in [-0.39, 0.29) is 12.5 Å². The lowest BCUT2D eigenvalue weighted by Gasteiger charge is -2.15. The number of anilines is 1. The molecule has 1 heterocycles. The second-order valence-electron chi connectivity index (χ2n) is 6.56. The van der Waals surface area contributed by atoms with E-state index < -0.39 is 0 Å². The maximum absolute atomic E-state index is 12.4. The van der Waals surface area contributed by atoms with E-state index in [1.165, 1.54) is 0 Å². The highest BCUT2D eigenvalue weighted by atomic mass is 32.1. The number of thiophene rings is 1. The molecule has 3 aromatic rings. The first-order valence-electron chi connectivity index (χ1n) is 8.70. The van der Waals surface area contributed by atoms with E-state index in [0.717, 1.165) is 33.0 Å². The number of rotatable bonds is 6. The maximum atomic E-state index is 12.4. The molecule has 3 rings (SSSR count). The largest absolute Gasteiger partial charge is 0.483 e. The zero-order valence-corrected chi connectivity index (χ0v) is 16.1. The van der Waals surface area contributed by atoms with Gasteiger partial charge in [-0.3, -0.25) is 4.79 Å². The first kappa shape index (κ1) is 18.2. The number of hydrogen-bond donors (Lipinski definition) is 1. The van der Waals surface area contributed by atoms with Crippen LogP contribution in [-0.4, -0.2) is 12.5 Å². The Morgan fingerprint density at radius 2 is 1.92 bits per heavy atom. The highest BCUT2D eigenvalue weighted by Gasteiger charge is 2.12. The minimum atomic E-state index is -0.162. The summed E-state index contributed by atoms with van der Waals surface area (Å²) in [6.45, 7) is 6.25. The summed E-state index contributed by atoms with van der Waals surface area (Å²) in [6.07, 6.45) is 0. The van der Waals surface area contributed by atoms with Crippen LogP contribution in [-0.2, 0) is 4.79 Å². The van der Waals surface area contributed by atoms with Crippen molar-refractivity contribution >= 4 is 22.9 Å². The molecule has 2 aromatic carbocycles. The summed E-state index contributed by atoms with van der Waals surface area (Å²) in [7, 11) is 0. The predicted octanol–water partition coefficient (Wildman–Crippen LogP) is 5.86. The van der Waals surface area contributed by atoms with Gasteiger partial charge >= 0.3 is 0 Å². The van der Waals surface area contributed by atoms with Gasteiger partial charge in [-0.1, -0.05) is 50.2 Å². The number of amides is 1. The van der Waals surface area contributed by atoms with Crippen LogP contribution in [0.5, 0.6) is 5.75 Å². The monoisotopic (exact) mass is 365 g/mol. The van der Waals surface area contributed by atoms with Gasteiger partial charge in [-0.15, -0.1) is 11.3 Å². The van der Waals surface area contributed by atoms with Crippen molar-refractivity contribution in [2.24, 2.45) is 0 Å². The van der Waals surface area contributed by atoms with Crippen molar-refractivity contribution in [2.45, 2.75) is 26.7 Å². The molecule has 0 aliphatic rings. The van der Waals surface area contributed by atoms with Crippen molar-refractivity contribution in [3.8, 4) is 16.2 Å². The quantitative estimate of drug-likeness (QED) is 0.594. The van der Waals surface area contributed by atoms with Gasteiger partial charge in [0.15, 0.2) is 6.61 Å². The fourth-order valence-corrected chi connectivity index (χ4v) is 3.58.